The average molecular weight is 247 g/mol. The van der Waals surface area contributed by atoms with Gasteiger partial charge in [0, 0.05) is 0 Å². The molecule has 1 rings (SSSR count). The molecule has 0 heterocycles. The molecule has 1 N–H and O–H groups in total. The van der Waals surface area contributed by atoms with Crippen molar-refractivity contribution in [1.29, 1.82) is 5.26 Å². The molecular weight excluding hydrogens is 240 g/mol. The van der Waals surface area contributed by atoms with Gasteiger partial charge >= 0.3 is 0 Å². The lowest BCUT2D eigenvalue weighted by atomic mass is 10.2. The van der Waals surface area contributed by atoms with E-state index in [0.717, 1.165) is 0 Å². The minimum Gasteiger partial charge on any atom is -0.290 e. The molecule has 15 heavy (non-hydrogen) atoms. The van der Waals surface area contributed by atoms with E-state index < -0.39 is 10.0 Å². The molecule has 0 amide bonds. The molecule has 5 nitrogen and oxygen atoms in total. The van der Waals surface area contributed by atoms with E-state index >= 15 is 0 Å². The zero-order valence-electron chi connectivity index (χ0n) is 7.69. The van der Waals surface area contributed by atoms with Gasteiger partial charge in [0.25, 0.3) is 10.0 Å². The zero-order valence-corrected chi connectivity index (χ0v) is 9.26. The second kappa shape index (κ2) is 4.59. The maximum atomic E-state index is 11.4. The van der Waals surface area contributed by atoms with E-state index in [1.807, 2.05) is 11.0 Å². The van der Waals surface area contributed by atoms with Crippen LogP contribution in [0.15, 0.2) is 23.1 Å². The SMILES string of the molecule is CONS(=O)(=O)c1ccc(C#N)c(Cl)c1. The van der Waals surface area contributed by atoms with Gasteiger partial charge in [-0.25, -0.2) is 8.42 Å². The van der Waals surface area contributed by atoms with Gasteiger partial charge in [-0.05, 0) is 18.2 Å². The Balaban J connectivity index is 3.20. The molecule has 0 aliphatic carbocycles. The standard InChI is InChI=1S/C8H7ClN2O3S/c1-14-11-15(12,13)7-3-2-6(5-10)8(9)4-7/h2-4,11H,1H3. The number of nitrogens with one attached hydrogen (secondary N) is 1. The first kappa shape index (κ1) is 11.9. The fourth-order valence-corrected chi connectivity index (χ4v) is 2.03. The summed E-state index contributed by atoms with van der Waals surface area (Å²) >= 11 is 5.68. The molecule has 0 bridgehead atoms. The lowest BCUT2D eigenvalue weighted by Gasteiger charge is -2.04. The monoisotopic (exact) mass is 246 g/mol. The van der Waals surface area contributed by atoms with Crippen molar-refractivity contribution < 1.29 is 13.3 Å². The first-order chi connectivity index (χ1) is 7.01. The summed E-state index contributed by atoms with van der Waals surface area (Å²) in [6.45, 7) is 0. The Labute approximate surface area is 92.2 Å². The average Bonchev–Trinajstić information content (AvgIpc) is 2.17. The van der Waals surface area contributed by atoms with E-state index in [4.69, 9.17) is 16.9 Å². The van der Waals surface area contributed by atoms with Crippen molar-refractivity contribution in [2.45, 2.75) is 4.90 Å². The Morgan fingerprint density at radius 3 is 2.67 bits per heavy atom. The summed E-state index contributed by atoms with van der Waals surface area (Å²) in [6, 6.07) is 5.61. The highest BCUT2D eigenvalue weighted by atomic mass is 35.5. The van der Waals surface area contributed by atoms with Crippen molar-refractivity contribution in [1.82, 2.24) is 4.89 Å². The molecule has 0 aliphatic rings. The molecule has 0 atom stereocenters. The largest absolute Gasteiger partial charge is 0.290 e. The van der Waals surface area contributed by atoms with Crippen molar-refractivity contribution in [3.05, 3.63) is 28.8 Å². The number of nitrogens with zero attached hydrogens (tertiary/aromatic N) is 1. The molecule has 0 spiro atoms. The number of halogens is 1. The molecule has 80 valence electrons. The first-order valence-electron chi connectivity index (χ1n) is 3.75. The number of rotatable bonds is 3. The predicted octanol–water partition coefficient (Wildman–Crippen LogP) is 1.05. The normalized spacial score (nSPS) is 11.0. The summed E-state index contributed by atoms with van der Waals surface area (Å²) in [5, 5.41) is 8.67. The highest BCUT2D eigenvalue weighted by Gasteiger charge is 2.14. The van der Waals surface area contributed by atoms with Crippen LogP contribution in [0.3, 0.4) is 0 Å². The van der Waals surface area contributed by atoms with Crippen LogP contribution in [0.4, 0.5) is 0 Å². The van der Waals surface area contributed by atoms with E-state index in [1.165, 1.54) is 25.3 Å². The van der Waals surface area contributed by atoms with E-state index in [1.54, 1.807) is 0 Å². The van der Waals surface area contributed by atoms with Crippen molar-refractivity contribution in [3.8, 4) is 6.07 Å². The summed E-state index contributed by atoms with van der Waals surface area (Å²) in [7, 11) is -2.54. The topological polar surface area (TPSA) is 79.2 Å². The van der Waals surface area contributed by atoms with Gasteiger partial charge in [0.15, 0.2) is 0 Å². The van der Waals surface area contributed by atoms with Gasteiger partial charge in [-0.3, -0.25) is 4.84 Å². The molecule has 0 aliphatic heterocycles. The molecule has 0 saturated heterocycles. The third kappa shape index (κ3) is 2.67. The van der Waals surface area contributed by atoms with Crippen LogP contribution in [-0.2, 0) is 14.9 Å². The molecule has 0 aromatic heterocycles. The van der Waals surface area contributed by atoms with Crippen LogP contribution in [0.1, 0.15) is 5.56 Å². The number of hydrogen-bond donors (Lipinski definition) is 1. The third-order valence-electron chi connectivity index (χ3n) is 1.56. The summed E-state index contributed by atoms with van der Waals surface area (Å²) in [5.41, 5.74) is 0.216. The zero-order chi connectivity index (χ0) is 11.5. The van der Waals surface area contributed by atoms with Crippen LogP contribution in [0.5, 0.6) is 0 Å². The van der Waals surface area contributed by atoms with Crippen LogP contribution in [0.2, 0.25) is 5.02 Å². The quantitative estimate of drug-likeness (QED) is 0.809. The van der Waals surface area contributed by atoms with Crippen molar-refractivity contribution in [3.63, 3.8) is 0 Å². The van der Waals surface area contributed by atoms with Crippen LogP contribution in [-0.4, -0.2) is 15.5 Å². The summed E-state index contributed by atoms with van der Waals surface area (Å²) < 4.78 is 22.8. The van der Waals surface area contributed by atoms with Gasteiger partial charge < -0.3 is 0 Å². The Hall–Kier alpha value is -1.13. The number of nitriles is 1. The van der Waals surface area contributed by atoms with E-state index in [-0.39, 0.29) is 15.5 Å². The first-order valence-corrected chi connectivity index (χ1v) is 5.62. The van der Waals surface area contributed by atoms with Crippen molar-refractivity contribution in [2.24, 2.45) is 0 Å². The molecule has 0 unspecified atom stereocenters. The second-order valence-electron chi connectivity index (χ2n) is 2.54. The van der Waals surface area contributed by atoms with Crippen LogP contribution in [0, 0.1) is 11.3 Å². The molecule has 1 aromatic rings. The van der Waals surface area contributed by atoms with Gasteiger partial charge in [-0.2, -0.15) is 5.26 Å². The van der Waals surface area contributed by atoms with E-state index in [9.17, 15) is 8.42 Å². The lowest BCUT2D eigenvalue weighted by molar-refractivity contribution is 0.153. The molecule has 0 saturated carbocycles. The number of hydrogen-bond acceptors (Lipinski definition) is 4. The maximum absolute atomic E-state index is 11.4. The Bertz CT molecular complexity index is 507. The fourth-order valence-electron chi connectivity index (χ4n) is 0.911. The van der Waals surface area contributed by atoms with Crippen molar-refractivity contribution in [2.75, 3.05) is 7.11 Å². The van der Waals surface area contributed by atoms with Crippen LogP contribution < -0.4 is 4.89 Å². The van der Waals surface area contributed by atoms with Crippen LogP contribution in [0.25, 0.3) is 0 Å². The lowest BCUT2D eigenvalue weighted by Crippen LogP contribution is -2.22. The highest BCUT2D eigenvalue weighted by Crippen LogP contribution is 2.19. The predicted molar refractivity (Wildman–Crippen MR) is 53.5 cm³/mol. The van der Waals surface area contributed by atoms with Gasteiger partial charge in [0.05, 0.1) is 22.6 Å². The molecular formula is C8H7ClN2O3S. The molecule has 0 fully saturated rings. The fraction of sp³-hybridized carbons (Fsp3) is 0.125. The summed E-state index contributed by atoms with van der Waals surface area (Å²) in [4.78, 5) is 6.08. The van der Waals surface area contributed by atoms with Gasteiger partial charge in [0.1, 0.15) is 6.07 Å². The Morgan fingerprint density at radius 2 is 2.20 bits per heavy atom. The highest BCUT2D eigenvalue weighted by molar-refractivity contribution is 7.89. The minimum absolute atomic E-state index is 0.0617. The third-order valence-corrected chi connectivity index (χ3v) is 3.14. The Morgan fingerprint density at radius 1 is 1.53 bits per heavy atom. The van der Waals surface area contributed by atoms with Gasteiger partial charge in [0.2, 0.25) is 0 Å². The smallest absolute Gasteiger partial charge is 0.262 e. The summed E-state index contributed by atoms with van der Waals surface area (Å²) in [5.74, 6) is 0. The van der Waals surface area contributed by atoms with Gasteiger partial charge in [-0.15, -0.1) is 0 Å². The Kier molecular flexibility index (Phi) is 3.66. The summed E-state index contributed by atoms with van der Waals surface area (Å²) in [6.07, 6.45) is 0. The number of sulfonamides is 1. The second-order valence-corrected chi connectivity index (χ2v) is 4.60. The van der Waals surface area contributed by atoms with E-state index in [0.29, 0.717) is 0 Å². The number of benzene rings is 1. The van der Waals surface area contributed by atoms with Crippen LogP contribution >= 0.6 is 11.6 Å². The molecule has 0 radical (unpaired) electrons. The minimum atomic E-state index is -3.72. The molecule has 1 aromatic carbocycles. The maximum Gasteiger partial charge on any atom is 0.262 e. The molecule has 7 heteroatoms. The van der Waals surface area contributed by atoms with E-state index in [2.05, 4.69) is 4.84 Å². The van der Waals surface area contributed by atoms with Gasteiger partial charge in [-0.1, -0.05) is 16.5 Å². The van der Waals surface area contributed by atoms with Crippen molar-refractivity contribution >= 4 is 21.6 Å².